The van der Waals surface area contributed by atoms with Gasteiger partial charge in [0.25, 0.3) is 0 Å². The molecule has 96 valence electrons. The Kier molecular flexibility index (Phi) is 2.96. The molecule has 18 heavy (non-hydrogen) atoms. The number of rotatable bonds is 2. The van der Waals surface area contributed by atoms with Crippen LogP contribution >= 0.6 is 0 Å². The van der Waals surface area contributed by atoms with Crippen molar-refractivity contribution in [1.29, 1.82) is 0 Å². The van der Waals surface area contributed by atoms with E-state index in [1.165, 1.54) is 5.56 Å². The lowest BCUT2D eigenvalue weighted by atomic mass is 9.95. The van der Waals surface area contributed by atoms with Gasteiger partial charge in [-0.2, -0.15) is 5.06 Å². The topological polar surface area (TPSA) is 29.5 Å². The molecule has 0 N–H and O–H groups in total. The number of carbonyl (C=O) groups is 1. The molecule has 0 aromatic heterocycles. The van der Waals surface area contributed by atoms with Gasteiger partial charge in [-0.1, -0.05) is 37.3 Å². The Balaban J connectivity index is 1.80. The van der Waals surface area contributed by atoms with Crippen molar-refractivity contribution in [1.82, 2.24) is 5.06 Å². The van der Waals surface area contributed by atoms with Crippen molar-refractivity contribution in [2.24, 2.45) is 11.8 Å². The van der Waals surface area contributed by atoms with Crippen LogP contribution in [0.25, 0.3) is 0 Å². The molecular formula is C15H19NO2. The van der Waals surface area contributed by atoms with Crippen molar-refractivity contribution in [2.45, 2.75) is 39.0 Å². The number of ketones is 1. The summed E-state index contributed by atoms with van der Waals surface area (Å²) in [6, 6.07) is 10.5. The van der Waals surface area contributed by atoms with Crippen molar-refractivity contribution < 1.29 is 9.63 Å². The van der Waals surface area contributed by atoms with E-state index in [-0.39, 0.29) is 18.1 Å². The lowest BCUT2D eigenvalue weighted by molar-refractivity contribution is -0.173. The van der Waals surface area contributed by atoms with Crippen LogP contribution in [0.4, 0.5) is 0 Å². The molecule has 2 aliphatic rings. The third kappa shape index (κ3) is 1.88. The maximum Gasteiger partial charge on any atom is 0.140 e. The minimum Gasteiger partial charge on any atom is -0.299 e. The molecule has 0 unspecified atom stereocenters. The first-order valence-corrected chi connectivity index (χ1v) is 6.67. The first kappa shape index (κ1) is 11.9. The zero-order valence-electron chi connectivity index (χ0n) is 10.9. The minimum atomic E-state index is 0.0242. The van der Waals surface area contributed by atoms with Gasteiger partial charge < -0.3 is 0 Å². The Labute approximate surface area is 108 Å². The molecule has 0 amide bonds. The van der Waals surface area contributed by atoms with Crippen LogP contribution in [-0.2, 0) is 16.2 Å². The molecule has 1 heterocycles. The fourth-order valence-corrected chi connectivity index (χ4v) is 3.38. The molecule has 1 saturated heterocycles. The molecule has 0 radical (unpaired) electrons. The number of Topliss-reactive ketones (excluding diaryl/α,β-unsaturated/α-hetero) is 1. The molecule has 0 spiro atoms. The number of carbonyl (C=O) groups excluding carboxylic acids is 1. The quantitative estimate of drug-likeness (QED) is 0.801. The molecule has 0 bridgehead atoms. The van der Waals surface area contributed by atoms with Gasteiger partial charge in [-0.25, -0.2) is 0 Å². The largest absolute Gasteiger partial charge is 0.299 e. The molecule has 3 rings (SSSR count). The van der Waals surface area contributed by atoms with E-state index in [2.05, 4.69) is 19.1 Å². The van der Waals surface area contributed by atoms with Crippen LogP contribution in [0.5, 0.6) is 0 Å². The standard InChI is InChI=1S/C15H19NO2/c1-10-8-13(17)14-11(2)18-16(15(10)14)9-12-6-4-3-5-7-12/h3-7,10-11,14-15H,8-9H2,1-2H3/t10-,11+,14-,15+/m0/s1. The number of nitrogens with zero attached hydrogens (tertiary/aromatic N) is 1. The predicted molar refractivity (Wildman–Crippen MR) is 68.6 cm³/mol. The van der Waals surface area contributed by atoms with Crippen molar-refractivity contribution in [3.63, 3.8) is 0 Å². The lowest BCUT2D eigenvalue weighted by Crippen LogP contribution is -2.33. The summed E-state index contributed by atoms with van der Waals surface area (Å²) in [6.07, 6.45) is 0.727. The summed E-state index contributed by atoms with van der Waals surface area (Å²) in [6.45, 7) is 4.94. The van der Waals surface area contributed by atoms with Crippen molar-refractivity contribution in [3.8, 4) is 0 Å². The summed E-state index contributed by atoms with van der Waals surface area (Å²) in [5.41, 5.74) is 1.23. The number of benzene rings is 1. The second kappa shape index (κ2) is 4.48. The maximum absolute atomic E-state index is 12.0. The molecule has 1 aliphatic carbocycles. The summed E-state index contributed by atoms with van der Waals surface area (Å²) in [5, 5.41) is 2.03. The van der Waals surface area contributed by atoms with Gasteiger partial charge in [0.2, 0.25) is 0 Å². The van der Waals surface area contributed by atoms with Gasteiger partial charge in [0.15, 0.2) is 0 Å². The van der Waals surface area contributed by atoms with Gasteiger partial charge in [-0.3, -0.25) is 9.63 Å². The van der Waals surface area contributed by atoms with Gasteiger partial charge in [-0.05, 0) is 18.4 Å². The predicted octanol–water partition coefficient (Wildman–Crippen LogP) is 2.42. The average Bonchev–Trinajstić information content (AvgIpc) is 2.82. The summed E-state index contributed by atoms with van der Waals surface area (Å²) in [5.74, 6) is 0.843. The molecule has 1 aliphatic heterocycles. The highest BCUT2D eigenvalue weighted by Gasteiger charge is 2.52. The Morgan fingerprint density at radius 2 is 2.00 bits per heavy atom. The van der Waals surface area contributed by atoms with Crippen LogP contribution in [0, 0.1) is 11.8 Å². The second-order valence-electron chi connectivity index (χ2n) is 5.54. The minimum absolute atomic E-state index is 0.0242. The summed E-state index contributed by atoms with van der Waals surface area (Å²) in [7, 11) is 0. The normalized spacial score (nSPS) is 36.0. The Hall–Kier alpha value is -1.19. The van der Waals surface area contributed by atoms with E-state index in [0.717, 1.165) is 6.54 Å². The van der Waals surface area contributed by atoms with Crippen molar-refractivity contribution in [3.05, 3.63) is 35.9 Å². The summed E-state index contributed by atoms with van der Waals surface area (Å²) >= 11 is 0. The fraction of sp³-hybridized carbons (Fsp3) is 0.533. The van der Waals surface area contributed by atoms with Crippen LogP contribution < -0.4 is 0 Å². The number of hydrogen-bond donors (Lipinski definition) is 0. The first-order valence-electron chi connectivity index (χ1n) is 6.67. The second-order valence-corrected chi connectivity index (χ2v) is 5.54. The van der Waals surface area contributed by atoms with E-state index in [1.54, 1.807) is 0 Å². The summed E-state index contributed by atoms with van der Waals surface area (Å²) in [4.78, 5) is 17.9. The number of hydroxylamine groups is 2. The van der Waals surface area contributed by atoms with E-state index in [1.807, 2.05) is 30.2 Å². The molecule has 1 aromatic rings. The van der Waals surface area contributed by atoms with Crippen LogP contribution in [-0.4, -0.2) is 23.0 Å². The smallest absolute Gasteiger partial charge is 0.140 e. The fourth-order valence-electron chi connectivity index (χ4n) is 3.38. The van der Waals surface area contributed by atoms with Gasteiger partial charge >= 0.3 is 0 Å². The molecular weight excluding hydrogens is 226 g/mol. The van der Waals surface area contributed by atoms with Crippen LogP contribution in [0.2, 0.25) is 0 Å². The van der Waals surface area contributed by atoms with E-state index in [9.17, 15) is 4.79 Å². The van der Waals surface area contributed by atoms with Crippen molar-refractivity contribution in [2.75, 3.05) is 0 Å². The van der Waals surface area contributed by atoms with Crippen LogP contribution in [0.1, 0.15) is 25.8 Å². The van der Waals surface area contributed by atoms with Gasteiger partial charge in [-0.15, -0.1) is 0 Å². The molecule has 1 aromatic carbocycles. The molecule has 3 nitrogen and oxygen atoms in total. The highest BCUT2D eigenvalue weighted by molar-refractivity contribution is 5.85. The van der Waals surface area contributed by atoms with Gasteiger partial charge in [0, 0.05) is 13.0 Å². The SMILES string of the molecule is C[C@H]1CC(=O)[C@H]2[C@@H]1N(Cc1ccccc1)O[C@@H]2C. The maximum atomic E-state index is 12.0. The molecule has 1 saturated carbocycles. The lowest BCUT2D eigenvalue weighted by Gasteiger charge is -2.24. The first-order chi connectivity index (χ1) is 8.66. The Morgan fingerprint density at radius 3 is 2.72 bits per heavy atom. The zero-order chi connectivity index (χ0) is 12.7. The molecule has 4 atom stereocenters. The number of fused-ring (bicyclic) bond motifs is 1. The molecule has 3 heteroatoms. The average molecular weight is 245 g/mol. The third-order valence-corrected chi connectivity index (χ3v) is 4.17. The van der Waals surface area contributed by atoms with Crippen molar-refractivity contribution >= 4 is 5.78 Å². The third-order valence-electron chi connectivity index (χ3n) is 4.17. The zero-order valence-corrected chi connectivity index (χ0v) is 10.9. The van der Waals surface area contributed by atoms with E-state index in [4.69, 9.17) is 4.84 Å². The van der Waals surface area contributed by atoms with Gasteiger partial charge in [0.1, 0.15) is 5.78 Å². The van der Waals surface area contributed by atoms with Gasteiger partial charge in [0.05, 0.1) is 18.1 Å². The van der Waals surface area contributed by atoms with E-state index in [0.29, 0.717) is 18.1 Å². The summed E-state index contributed by atoms with van der Waals surface area (Å²) < 4.78 is 0. The van der Waals surface area contributed by atoms with E-state index < -0.39 is 0 Å². The highest BCUT2D eigenvalue weighted by Crippen LogP contribution is 2.41. The number of hydrogen-bond acceptors (Lipinski definition) is 3. The Bertz CT molecular complexity index is 445. The van der Waals surface area contributed by atoms with E-state index >= 15 is 0 Å². The highest BCUT2D eigenvalue weighted by atomic mass is 16.7. The molecule has 2 fully saturated rings. The Morgan fingerprint density at radius 1 is 1.28 bits per heavy atom. The van der Waals surface area contributed by atoms with Crippen LogP contribution in [0.3, 0.4) is 0 Å². The van der Waals surface area contributed by atoms with Crippen LogP contribution in [0.15, 0.2) is 30.3 Å². The monoisotopic (exact) mass is 245 g/mol.